The van der Waals surface area contributed by atoms with Crippen LogP contribution in [-0.2, 0) is 20.9 Å². The Labute approximate surface area is 340 Å². The Morgan fingerprint density at radius 3 is 1.25 bits per heavy atom. The predicted octanol–water partition coefficient (Wildman–Crippen LogP) is 8.07. The van der Waals surface area contributed by atoms with E-state index < -0.39 is 20.9 Å². The molecule has 0 N–H and O–H groups in total. The maximum Gasteiger partial charge on any atom is -0.0536 e. The summed E-state index contributed by atoms with van der Waals surface area (Å²) in [5.41, 5.74) is 15.2. The first-order valence-electron chi connectivity index (χ1n) is 19.6. The van der Waals surface area contributed by atoms with Crippen molar-refractivity contribution in [1.29, 1.82) is 0 Å². The number of hydrogen-bond acceptors (Lipinski definition) is 0. The van der Waals surface area contributed by atoms with E-state index in [4.69, 9.17) is 0 Å². The van der Waals surface area contributed by atoms with Crippen molar-refractivity contribution >= 4 is 40.3 Å². The zero-order valence-electron chi connectivity index (χ0n) is 32.1. The van der Waals surface area contributed by atoms with Crippen molar-refractivity contribution in [3.8, 4) is 22.3 Å². The summed E-state index contributed by atoms with van der Waals surface area (Å²) in [6, 6.07) is 45.8. The van der Waals surface area contributed by atoms with Crippen LogP contribution in [0.5, 0.6) is 0 Å². The molecule has 4 heteroatoms. The van der Waals surface area contributed by atoms with Crippen LogP contribution in [0.15, 0.2) is 132 Å². The van der Waals surface area contributed by atoms with E-state index in [2.05, 4.69) is 168 Å². The normalized spacial score (nSPS) is 15.6. The SMILES string of the molecule is CCC1=Cc2c(-c3cccc4ccccc34)cccc2[CH]1[Zr+2]([SiH2]C)[CH]1C(CC)=Cc2c(-c3cccc4ccccc34)cccc21.CCCCCC.[Cl-].[Cl-]. The fourth-order valence-electron chi connectivity index (χ4n) is 8.88. The van der Waals surface area contributed by atoms with Gasteiger partial charge in [-0.1, -0.05) is 39.5 Å². The third kappa shape index (κ3) is 8.04. The van der Waals surface area contributed by atoms with Crippen molar-refractivity contribution in [1.82, 2.24) is 0 Å². The third-order valence-electron chi connectivity index (χ3n) is 11.4. The summed E-state index contributed by atoms with van der Waals surface area (Å²) in [4.78, 5) is 0. The van der Waals surface area contributed by atoms with Gasteiger partial charge in [0, 0.05) is 0 Å². The van der Waals surface area contributed by atoms with Gasteiger partial charge in [-0.25, -0.2) is 0 Å². The van der Waals surface area contributed by atoms with E-state index in [0.717, 1.165) is 12.8 Å². The Kier molecular flexibility index (Phi) is 14.8. The molecular weight excluding hydrogens is 779 g/mol. The first-order valence-corrected chi connectivity index (χ1v) is 29.8. The summed E-state index contributed by atoms with van der Waals surface area (Å²) in [5, 5.41) is 5.35. The van der Waals surface area contributed by atoms with Gasteiger partial charge in [-0.05, 0) is 0 Å². The molecule has 53 heavy (non-hydrogen) atoms. The maximum absolute atomic E-state index is 2.65. The van der Waals surface area contributed by atoms with Crippen LogP contribution in [0.25, 0.3) is 56.0 Å². The van der Waals surface area contributed by atoms with E-state index in [1.807, 2.05) is 0 Å². The first-order chi connectivity index (χ1) is 25.1. The standard InChI is InChI=1S/2C21H17.C6H14.CH5Si.2ClH.Zr/c2*1-2-15-13-17-9-6-12-20(21(17)14-15)19-11-5-8-16-7-3-4-10-18(16)19;1-3-5-6-4-2;1-2;;;/h2*3-14H,2H2,1H3;3-6H2,1-2H3;2H2,1H3;2*1H;/q;;;;;;+2/p-2. The molecular formula is C49H53Cl2SiZr. The molecule has 2 unspecified atom stereocenters. The minimum atomic E-state index is -2.06. The van der Waals surface area contributed by atoms with E-state index in [9.17, 15) is 0 Å². The molecule has 0 aliphatic heterocycles. The van der Waals surface area contributed by atoms with Crippen molar-refractivity contribution in [3.05, 3.63) is 155 Å². The molecule has 0 amide bonds. The average molecular weight is 832 g/mol. The van der Waals surface area contributed by atoms with E-state index in [1.54, 1.807) is 22.3 Å². The number of allylic oxidation sites excluding steroid dienone is 2. The zero-order valence-corrected chi connectivity index (χ0v) is 37.4. The minimum Gasteiger partial charge on any atom is -1.00 e. The fraction of sp³-hybridized carbons (Fsp3) is 0.265. The van der Waals surface area contributed by atoms with Crippen molar-refractivity contribution in [3.63, 3.8) is 0 Å². The summed E-state index contributed by atoms with van der Waals surface area (Å²) >= 11 is -2.06. The zero-order chi connectivity index (χ0) is 35.3. The van der Waals surface area contributed by atoms with Crippen molar-refractivity contribution in [2.24, 2.45) is 0 Å². The second-order valence-electron chi connectivity index (χ2n) is 14.3. The molecule has 0 spiro atoms. The van der Waals surface area contributed by atoms with Gasteiger partial charge < -0.3 is 24.8 Å². The monoisotopic (exact) mass is 829 g/mol. The maximum atomic E-state index is 2.65. The van der Waals surface area contributed by atoms with Gasteiger partial charge in [0.1, 0.15) is 0 Å². The van der Waals surface area contributed by atoms with Crippen LogP contribution in [0.4, 0.5) is 0 Å². The van der Waals surface area contributed by atoms with E-state index in [1.165, 1.54) is 80.6 Å². The van der Waals surface area contributed by atoms with Crippen molar-refractivity contribution in [2.45, 2.75) is 80.0 Å². The molecule has 0 nitrogen and oxygen atoms in total. The van der Waals surface area contributed by atoms with Crippen LogP contribution in [0.1, 0.15) is 95.7 Å². The average Bonchev–Trinajstić information content (AvgIpc) is 3.76. The smallest absolute Gasteiger partial charge is 0.0536 e. The summed E-state index contributed by atoms with van der Waals surface area (Å²) in [6.07, 6.45) is 13.1. The molecule has 271 valence electrons. The molecule has 8 rings (SSSR count). The van der Waals surface area contributed by atoms with Gasteiger partial charge in [-0.15, -0.1) is 0 Å². The Balaban J connectivity index is 0.000000628. The molecule has 2 atom stereocenters. The van der Waals surface area contributed by atoms with Crippen molar-refractivity contribution < 1.29 is 45.7 Å². The Morgan fingerprint density at radius 2 is 0.849 bits per heavy atom. The van der Waals surface area contributed by atoms with Crippen LogP contribution in [0, 0.1) is 0 Å². The molecule has 0 heterocycles. The van der Waals surface area contributed by atoms with Crippen LogP contribution in [0.3, 0.4) is 0 Å². The molecule has 2 aliphatic carbocycles. The topological polar surface area (TPSA) is 0 Å². The van der Waals surface area contributed by atoms with Crippen LogP contribution < -0.4 is 24.8 Å². The Bertz CT molecular complexity index is 2070. The van der Waals surface area contributed by atoms with E-state index >= 15 is 0 Å². The number of halogens is 2. The summed E-state index contributed by atoms with van der Waals surface area (Å²) in [5.74, 6) is 0. The van der Waals surface area contributed by atoms with Gasteiger partial charge in [0.2, 0.25) is 0 Å². The van der Waals surface area contributed by atoms with Gasteiger partial charge in [-0.2, -0.15) is 0 Å². The van der Waals surface area contributed by atoms with Gasteiger partial charge in [0.25, 0.3) is 0 Å². The van der Waals surface area contributed by atoms with E-state index in [0.29, 0.717) is 7.25 Å². The molecule has 0 radical (unpaired) electrons. The number of unbranched alkanes of at least 4 members (excludes halogenated alkanes) is 3. The van der Waals surface area contributed by atoms with Crippen molar-refractivity contribution in [2.75, 3.05) is 0 Å². The summed E-state index contributed by atoms with van der Waals surface area (Å²) in [6.45, 7) is 11.7. The summed E-state index contributed by atoms with van der Waals surface area (Å²) < 4.78 is 1.34. The molecule has 0 saturated carbocycles. The number of rotatable bonds is 10. The third-order valence-corrected chi connectivity index (χ3v) is 30.1. The first kappa shape index (κ1) is 41.2. The minimum absolute atomic E-state index is 0. The molecule has 0 bridgehead atoms. The molecule has 6 aromatic carbocycles. The van der Waals surface area contributed by atoms with Gasteiger partial charge in [-0.3, -0.25) is 0 Å². The largest absolute Gasteiger partial charge is 1.00 e. The van der Waals surface area contributed by atoms with Crippen LogP contribution >= 0.6 is 0 Å². The molecule has 2 aliphatic rings. The van der Waals surface area contributed by atoms with Crippen LogP contribution in [0.2, 0.25) is 6.55 Å². The molecule has 0 aromatic heterocycles. The molecule has 6 aromatic rings. The Morgan fingerprint density at radius 1 is 0.472 bits per heavy atom. The van der Waals surface area contributed by atoms with E-state index in [-0.39, 0.29) is 31.5 Å². The van der Waals surface area contributed by atoms with Crippen LogP contribution in [-0.4, -0.2) is 6.65 Å². The van der Waals surface area contributed by atoms with Gasteiger partial charge >= 0.3 is 279 Å². The van der Waals surface area contributed by atoms with Gasteiger partial charge in [0.05, 0.1) is 0 Å². The number of benzene rings is 6. The molecule has 0 fully saturated rings. The second kappa shape index (κ2) is 19.0. The second-order valence-corrected chi connectivity index (χ2v) is 30.7. The fourth-order valence-corrected chi connectivity index (χ4v) is 29.2. The summed E-state index contributed by atoms with van der Waals surface area (Å²) in [7, 11) is 0. The Hall–Kier alpha value is -3.00. The predicted molar refractivity (Wildman–Crippen MR) is 225 cm³/mol. The number of fused-ring (bicyclic) bond motifs is 4. The number of hydrogen-bond donors (Lipinski definition) is 0. The van der Waals surface area contributed by atoms with Gasteiger partial charge in [0.15, 0.2) is 0 Å². The quantitative estimate of drug-likeness (QED) is 0.0969. The molecule has 0 saturated heterocycles.